The summed E-state index contributed by atoms with van der Waals surface area (Å²) in [5.74, 6) is -0.241. The van der Waals surface area contributed by atoms with Crippen molar-refractivity contribution in [2.45, 2.75) is 25.4 Å². The van der Waals surface area contributed by atoms with Crippen LogP contribution >= 0.6 is 0 Å². The lowest BCUT2D eigenvalue weighted by Gasteiger charge is -2.15. The number of pyridine rings is 3. The van der Waals surface area contributed by atoms with Crippen molar-refractivity contribution in [1.29, 1.82) is 10.5 Å². The molecule has 4 heterocycles. The molecule has 0 atom stereocenters. The molecule has 0 amide bonds. The van der Waals surface area contributed by atoms with E-state index in [9.17, 15) is 23.7 Å². The highest BCUT2D eigenvalue weighted by Gasteiger charge is 2.36. The van der Waals surface area contributed by atoms with Crippen molar-refractivity contribution in [2.24, 2.45) is 12.0 Å². The number of halogens is 3. The van der Waals surface area contributed by atoms with E-state index in [1.165, 1.54) is 18.2 Å². The van der Waals surface area contributed by atoms with Crippen LogP contribution in [0.15, 0.2) is 59.9 Å². The van der Waals surface area contributed by atoms with E-state index in [-0.39, 0.29) is 22.6 Å². The third-order valence-electron chi connectivity index (χ3n) is 6.48. The summed E-state index contributed by atoms with van der Waals surface area (Å²) in [7, 11) is 1.71. The van der Waals surface area contributed by atoms with Gasteiger partial charge in [-0.3, -0.25) is 14.5 Å². The molecule has 4 aromatic heterocycles. The standard InChI is InChI=1S/C27H20F3N9/c1-26(2,13-31)21-8-5-16(11-35-21)39-23-18-10-15(17-6-9-22(33)37-24(17)27(28,29)30)4-7-19(18)34-12-20(23)38(3)25(39)36-14-32/h4-12H,1-3H3,(H2,33,37). The molecule has 0 saturated carbocycles. The van der Waals surface area contributed by atoms with E-state index in [2.05, 4.69) is 26.0 Å². The Bertz CT molecular complexity index is 1920. The van der Waals surface area contributed by atoms with Gasteiger partial charge < -0.3 is 10.3 Å². The maximum Gasteiger partial charge on any atom is 0.434 e. The van der Waals surface area contributed by atoms with Gasteiger partial charge in [-0.25, -0.2) is 4.98 Å². The lowest BCUT2D eigenvalue weighted by molar-refractivity contribution is -0.140. The van der Waals surface area contributed by atoms with Crippen LogP contribution in [0.4, 0.5) is 19.0 Å². The Balaban J connectivity index is 1.85. The van der Waals surface area contributed by atoms with Gasteiger partial charge in [0.25, 0.3) is 0 Å². The molecule has 0 aliphatic rings. The van der Waals surface area contributed by atoms with Gasteiger partial charge in [0.2, 0.25) is 11.8 Å². The molecule has 0 aliphatic heterocycles. The summed E-state index contributed by atoms with van der Waals surface area (Å²) < 4.78 is 44.9. The molecule has 0 aliphatic carbocycles. The van der Waals surface area contributed by atoms with Gasteiger partial charge >= 0.3 is 6.18 Å². The molecule has 5 aromatic rings. The Morgan fingerprint density at radius 3 is 2.41 bits per heavy atom. The van der Waals surface area contributed by atoms with Gasteiger partial charge in [-0.15, -0.1) is 4.99 Å². The number of nitriles is 2. The first kappa shape index (κ1) is 25.4. The molecule has 39 heavy (non-hydrogen) atoms. The van der Waals surface area contributed by atoms with Gasteiger partial charge in [0.15, 0.2) is 5.69 Å². The average Bonchev–Trinajstić information content (AvgIpc) is 3.20. The van der Waals surface area contributed by atoms with Crippen LogP contribution in [0, 0.1) is 22.8 Å². The monoisotopic (exact) mass is 527 g/mol. The van der Waals surface area contributed by atoms with Crippen molar-refractivity contribution in [2.75, 3.05) is 5.73 Å². The maximum absolute atomic E-state index is 13.8. The van der Waals surface area contributed by atoms with E-state index in [4.69, 9.17) is 5.73 Å². The number of aromatic nitrogens is 5. The third kappa shape index (κ3) is 4.22. The number of nitrogens with two attached hydrogens (primary N) is 1. The molecule has 12 heteroatoms. The van der Waals surface area contributed by atoms with Gasteiger partial charge in [-0.2, -0.15) is 23.7 Å². The fourth-order valence-electron chi connectivity index (χ4n) is 4.46. The molecule has 5 rings (SSSR count). The van der Waals surface area contributed by atoms with Crippen molar-refractivity contribution in [3.63, 3.8) is 0 Å². The third-order valence-corrected chi connectivity index (χ3v) is 6.48. The van der Waals surface area contributed by atoms with E-state index in [1.54, 1.807) is 66.7 Å². The second-order valence-electron chi connectivity index (χ2n) is 9.40. The zero-order chi connectivity index (χ0) is 28.1. The Morgan fingerprint density at radius 1 is 1.00 bits per heavy atom. The largest absolute Gasteiger partial charge is 0.434 e. The van der Waals surface area contributed by atoms with Gasteiger partial charge in [-0.05, 0) is 55.8 Å². The Hall–Kier alpha value is -5.23. The predicted molar refractivity (Wildman–Crippen MR) is 138 cm³/mol. The molecule has 0 unspecified atom stereocenters. The number of nitrogen functional groups attached to an aromatic ring is 1. The first-order valence-corrected chi connectivity index (χ1v) is 11.6. The molecule has 0 bridgehead atoms. The number of aryl methyl sites for hydroxylation is 1. The van der Waals surface area contributed by atoms with E-state index in [1.807, 2.05) is 6.19 Å². The van der Waals surface area contributed by atoms with E-state index in [0.717, 1.165) is 0 Å². The van der Waals surface area contributed by atoms with Gasteiger partial charge in [0.05, 0.1) is 51.8 Å². The van der Waals surface area contributed by atoms with Gasteiger partial charge in [0.1, 0.15) is 5.82 Å². The summed E-state index contributed by atoms with van der Waals surface area (Å²) in [6, 6.07) is 13.0. The fraction of sp³-hybridized carbons (Fsp3) is 0.185. The molecule has 1 aromatic carbocycles. The summed E-state index contributed by atoms with van der Waals surface area (Å²) in [5.41, 5.74) is 6.77. The summed E-state index contributed by atoms with van der Waals surface area (Å²) in [5, 5.41) is 19.4. The summed E-state index contributed by atoms with van der Waals surface area (Å²) in [6.45, 7) is 3.50. The van der Waals surface area contributed by atoms with Crippen LogP contribution in [-0.4, -0.2) is 24.1 Å². The molecular formula is C27H20F3N9. The number of hydrogen-bond acceptors (Lipinski definition) is 7. The minimum absolute atomic E-state index is 0.134. The zero-order valence-corrected chi connectivity index (χ0v) is 21.0. The summed E-state index contributed by atoms with van der Waals surface area (Å²) >= 11 is 0. The van der Waals surface area contributed by atoms with Crippen LogP contribution in [0.1, 0.15) is 25.2 Å². The second kappa shape index (κ2) is 8.96. The number of alkyl halides is 3. The van der Waals surface area contributed by atoms with Crippen LogP contribution in [0.3, 0.4) is 0 Å². The lowest BCUT2D eigenvalue weighted by Crippen LogP contribution is -2.23. The van der Waals surface area contributed by atoms with E-state index in [0.29, 0.717) is 33.3 Å². The van der Waals surface area contributed by atoms with Crippen LogP contribution in [-0.2, 0) is 18.6 Å². The number of hydrogen-bond donors (Lipinski definition) is 1. The quantitative estimate of drug-likeness (QED) is 0.336. The number of imidazole rings is 1. The lowest BCUT2D eigenvalue weighted by atomic mass is 9.91. The predicted octanol–water partition coefficient (Wildman–Crippen LogP) is 4.76. The number of nitrogens with zero attached hydrogens (tertiary/aromatic N) is 8. The van der Waals surface area contributed by atoms with E-state index < -0.39 is 17.3 Å². The summed E-state index contributed by atoms with van der Waals surface area (Å²) in [6.07, 6.45) is 0.257. The first-order valence-electron chi connectivity index (χ1n) is 11.6. The molecule has 0 fully saturated rings. The highest BCUT2D eigenvalue weighted by atomic mass is 19.4. The Kier molecular flexibility index (Phi) is 5.84. The second-order valence-corrected chi connectivity index (χ2v) is 9.40. The topological polar surface area (TPSA) is 134 Å². The zero-order valence-electron chi connectivity index (χ0n) is 21.0. The minimum atomic E-state index is -4.72. The molecule has 0 saturated heterocycles. The van der Waals surface area contributed by atoms with Crippen LogP contribution < -0.4 is 11.4 Å². The Labute approximate surface area is 219 Å². The van der Waals surface area contributed by atoms with Crippen molar-refractivity contribution in [3.05, 3.63) is 71.9 Å². The molecule has 194 valence electrons. The Morgan fingerprint density at radius 2 is 1.77 bits per heavy atom. The number of anilines is 1. The molecule has 9 nitrogen and oxygen atoms in total. The number of benzene rings is 1. The normalized spacial score (nSPS) is 12.6. The van der Waals surface area contributed by atoms with Crippen molar-refractivity contribution in [3.8, 4) is 29.1 Å². The van der Waals surface area contributed by atoms with Crippen molar-refractivity contribution >= 4 is 27.8 Å². The molecule has 0 spiro atoms. The van der Waals surface area contributed by atoms with Gasteiger partial charge in [0, 0.05) is 18.0 Å². The maximum atomic E-state index is 13.8. The number of fused-ring (bicyclic) bond motifs is 3. The van der Waals surface area contributed by atoms with E-state index >= 15 is 0 Å². The smallest absolute Gasteiger partial charge is 0.384 e. The van der Waals surface area contributed by atoms with Crippen LogP contribution in [0.25, 0.3) is 38.8 Å². The highest BCUT2D eigenvalue weighted by Crippen LogP contribution is 2.38. The average molecular weight is 528 g/mol. The molecule has 2 N–H and O–H groups in total. The SMILES string of the molecule is Cn1c(=NC#N)n(-c2ccc(C(C)(C)C#N)nc2)c2c3cc(-c4ccc(N)nc4C(F)(F)F)ccc3ncc21. The first-order chi connectivity index (χ1) is 18.5. The number of rotatable bonds is 3. The van der Waals surface area contributed by atoms with Crippen LogP contribution in [0.5, 0.6) is 0 Å². The highest BCUT2D eigenvalue weighted by molar-refractivity contribution is 6.04. The van der Waals surface area contributed by atoms with Crippen LogP contribution in [0.2, 0.25) is 0 Å². The fourth-order valence-corrected chi connectivity index (χ4v) is 4.46. The molecule has 0 radical (unpaired) electrons. The van der Waals surface area contributed by atoms with Crippen molar-refractivity contribution in [1.82, 2.24) is 24.1 Å². The van der Waals surface area contributed by atoms with Crippen molar-refractivity contribution < 1.29 is 13.2 Å². The summed E-state index contributed by atoms with van der Waals surface area (Å²) in [4.78, 5) is 16.5. The molecular weight excluding hydrogens is 507 g/mol. The minimum Gasteiger partial charge on any atom is -0.384 e. The van der Waals surface area contributed by atoms with Gasteiger partial charge in [-0.1, -0.05) is 6.07 Å².